The molecule has 0 bridgehead atoms. The molecule has 0 heterocycles. The van der Waals surface area contributed by atoms with Gasteiger partial charge in [-0.15, -0.1) is 12.4 Å². The lowest BCUT2D eigenvalue weighted by atomic mass is 9.98. The van der Waals surface area contributed by atoms with Crippen molar-refractivity contribution in [2.75, 3.05) is 20.2 Å². The van der Waals surface area contributed by atoms with Crippen LogP contribution in [-0.2, 0) is 9.53 Å². The molecule has 7 heteroatoms. The highest BCUT2D eigenvalue weighted by Gasteiger charge is 2.28. The number of carbonyl (C=O) groups is 1. The molecule has 0 atom stereocenters. The van der Waals surface area contributed by atoms with Crippen LogP contribution in [0.25, 0.3) is 11.1 Å². The van der Waals surface area contributed by atoms with Gasteiger partial charge in [0.15, 0.2) is 0 Å². The smallest absolute Gasteiger partial charge is 0.305 e. The molecule has 0 spiro atoms. The van der Waals surface area contributed by atoms with Crippen LogP contribution in [0, 0.1) is 0 Å². The summed E-state index contributed by atoms with van der Waals surface area (Å²) in [5, 5.41) is 11.5. The fourth-order valence-corrected chi connectivity index (χ4v) is 3.34. The number of oxime groups is 1. The summed E-state index contributed by atoms with van der Waals surface area (Å²) in [6.45, 7) is 0.850. The summed E-state index contributed by atoms with van der Waals surface area (Å²) in [5.41, 5.74) is 10.3. The summed E-state index contributed by atoms with van der Waals surface area (Å²) in [6, 6.07) is 16.5. The Morgan fingerprint density at radius 2 is 1.70 bits per heavy atom. The van der Waals surface area contributed by atoms with E-state index in [0.717, 1.165) is 0 Å². The molecule has 27 heavy (non-hydrogen) atoms. The number of ether oxygens (including phenoxy) is 1. The van der Waals surface area contributed by atoms with Crippen LogP contribution < -0.4 is 5.73 Å². The maximum absolute atomic E-state index is 12.1. The molecule has 0 fully saturated rings. The Balaban J connectivity index is 0.00000261. The van der Waals surface area contributed by atoms with Crippen LogP contribution in [0.5, 0.6) is 0 Å². The van der Waals surface area contributed by atoms with Crippen LogP contribution in [0.1, 0.15) is 29.9 Å². The number of esters is 1. The summed E-state index contributed by atoms with van der Waals surface area (Å²) < 4.78 is 5.54. The molecule has 0 aliphatic heterocycles. The number of nitrogens with two attached hydrogens (primary N) is 1. The zero-order valence-electron chi connectivity index (χ0n) is 15.2. The first-order valence-corrected chi connectivity index (χ1v) is 8.64. The van der Waals surface area contributed by atoms with Gasteiger partial charge in [0, 0.05) is 25.9 Å². The van der Waals surface area contributed by atoms with Crippen LogP contribution in [-0.4, -0.2) is 42.2 Å². The second kappa shape index (κ2) is 9.28. The molecule has 3 rings (SSSR count). The monoisotopic (exact) mass is 389 g/mol. The van der Waals surface area contributed by atoms with Crippen LogP contribution in [0.15, 0.2) is 53.7 Å². The molecule has 2 aromatic carbocycles. The molecular formula is C20H24ClN3O3. The normalized spacial score (nSPS) is 12.7. The molecule has 0 radical (unpaired) electrons. The van der Waals surface area contributed by atoms with Gasteiger partial charge in [0.05, 0.1) is 0 Å². The van der Waals surface area contributed by atoms with Crippen molar-refractivity contribution < 1.29 is 14.7 Å². The van der Waals surface area contributed by atoms with Gasteiger partial charge in [0.1, 0.15) is 6.61 Å². The Morgan fingerprint density at radius 1 is 1.15 bits per heavy atom. The molecule has 144 valence electrons. The van der Waals surface area contributed by atoms with E-state index in [1.165, 1.54) is 22.3 Å². The number of nitrogens with zero attached hydrogens (tertiary/aromatic N) is 2. The Hall–Kier alpha value is -2.73. The van der Waals surface area contributed by atoms with Crippen molar-refractivity contribution in [2.24, 2.45) is 10.9 Å². The van der Waals surface area contributed by atoms with Gasteiger partial charge in [-0.25, -0.2) is 0 Å². The van der Waals surface area contributed by atoms with Crippen molar-refractivity contribution in [3.05, 3.63) is 59.7 Å². The van der Waals surface area contributed by atoms with Gasteiger partial charge in [0.25, 0.3) is 0 Å². The maximum Gasteiger partial charge on any atom is 0.305 e. The van der Waals surface area contributed by atoms with Crippen LogP contribution in [0.2, 0.25) is 0 Å². The molecular weight excluding hydrogens is 366 g/mol. The first-order valence-electron chi connectivity index (χ1n) is 8.64. The lowest BCUT2D eigenvalue weighted by molar-refractivity contribution is -0.144. The van der Waals surface area contributed by atoms with Crippen molar-refractivity contribution in [1.29, 1.82) is 0 Å². The molecule has 1 aliphatic rings. The molecule has 6 nitrogen and oxygen atoms in total. The second-order valence-corrected chi connectivity index (χ2v) is 6.39. The average molecular weight is 390 g/mol. The fourth-order valence-electron chi connectivity index (χ4n) is 3.34. The minimum atomic E-state index is -0.236. The third-order valence-corrected chi connectivity index (χ3v) is 4.74. The molecule has 0 saturated carbocycles. The van der Waals surface area contributed by atoms with E-state index in [0.29, 0.717) is 26.0 Å². The van der Waals surface area contributed by atoms with Crippen molar-refractivity contribution >= 4 is 24.3 Å². The summed E-state index contributed by atoms with van der Waals surface area (Å²) in [6.07, 6.45) is 0.864. The molecule has 3 N–H and O–H groups in total. The van der Waals surface area contributed by atoms with E-state index < -0.39 is 0 Å². The number of carbonyl (C=O) groups excluding carboxylic acids is 1. The number of benzene rings is 2. The Kier molecular flexibility index (Phi) is 7.07. The Morgan fingerprint density at radius 3 is 2.26 bits per heavy atom. The highest BCUT2D eigenvalue weighted by atomic mass is 35.5. The number of halogens is 1. The SMILES string of the molecule is CN(CCCC(=O)OCC1c2ccccc2-c2ccccc21)/C(N)=N/O.Cl. The van der Waals surface area contributed by atoms with E-state index in [-0.39, 0.29) is 30.3 Å². The summed E-state index contributed by atoms with van der Waals surface area (Å²) in [5.74, 6) is -0.136. The van der Waals surface area contributed by atoms with Crippen LogP contribution in [0.3, 0.4) is 0 Å². The van der Waals surface area contributed by atoms with Crippen molar-refractivity contribution in [3.8, 4) is 11.1 Å². The van der Waals surface area contributed by atoms with Gasteiger partial charge in [-0.2, -0.15) is 0 Å². The zero-order valence-corrected chi connectivity index (χ0v) is 16.0. The lowest BCUT2D eigenvalue weighted by Crippen LogP contribution is -2.34. The maximum atomic E-state index is 12.1. The minimum Gasteiger partial charge on any atom is -0.465 e. The molecule has 2 aromatic rings. The van der Waals surface area contributed by atoms with Crippen molar-refractivity contribution in [2.45, 2.75) is 18.8 Å². The predicted molar refractivity (Wildman–Crippen MR) is 107 cm³/mol. The number of guanidine groups is 1. The quantitative estimate of drug-likeness (QED) is 0.260. The lowest BCUT2D eigenvalue weighted by Gasteiger charge is -2.17. The summed E-state index contributed by atoms with van der Waals surface area (Å²) in [7, 11) is 1.70. The van der Waals surface area contributed by atoms with Gasteiger partial charge < -0.3 is 20.6 Å². The van der Waals surface area contributed by atoms with Gasteiger partial charge in [0.2, 0.25) is 5.96 Å². The van der Waals surface area contributed by atoms with Gasteiger partial charge in [-0.05, 0) is 28.7 Å². The first kappa shape index (κ1) is 20.6. The van der Waals surface area contributed by atoms with E-state index in [9.17, 15) is 4.79 Å². The van der Waals surface area contributed by atoms with E-state index >= 15 is 0 Å². The number of hydrogen-bond acceptors (Lipinski definition) is 4. The largest absolute Gasteiger partial charge is 0.465 e. The highest BCUT2D eigenvalue weighted by molar-refractivity contribution is 5.85. The van der Waals surface area contributed by atoms with E-state index in [1.54, 1.807) is 11.9 Å². The standard InChI is InChI=1S/C20H23N3O3.ClH/c1-23(20(21)22-25)12-6-11-19(24)26-13-18-16-9-4-2-7-14(16)15-8-3-5-10-17(15)18;/h2-5,7-10,18,25H,6,11-13H2,1H3,(H2,21,22);1H. The van der Waals surface area contributed by atoms with E-state index in [2.05, 4.69) is 29.4 Å². The van der Waals surface area contributed by atoms with Crippen molar-refractivity contribution in [1.82, 2.24) is 4.90 Å². The molecule has 0 saturated heterocycles. The van der Waals surface area contributed by atoms with E-state index in [1.807, 2.05) is 24.3 Å². The third-order valence-electron chi connectivity index (χ3n) is 4.74. The number of rotatable bonds is 6. The number of fused-ring (bicyclic) bond motifs is 3. The zero-order chi connectivity index (χ0) is 18.5. The molecule has 0 unspecified atom stereocenters. The topological polar surface area (TPSA) is 88.2 Å². The Labute approximate surface area is 165 Å². The fraction of sp³-hybridized carbons (Fsp3) is 0.300. The van der Waals surface area contributed by atoms with Gasteiger partial charge >= 0.3 is 5.97 Å². The Bertz CT molecular complexity index is 780. The average Bonchev–Trinajstić information content (AvgIpc) is 2.99. The highest BCUT2D eigenvalue weighted by Crippen LogP contribution is 2.44. The minimum absolute atomic E-state index is 0. The van der Waals surface area contributed by atoms with E-state index in [4.69, 9.17) is 15.7 Å². The van der Waals surface area contributed by atoms with Crippen LogP contribution in [0.4, 0.5) is 0 Å². The molecule has 0 aromatic heterocycles. The molecule has 1 aliphatic carbocycles. The summed E-state index contributed by atoms with van der Waals surface area (Å²) in [4.78, 5) is 13.7. The third kappa shape index (κ3) is 4.52. The van der Waals surface area contributed by atoms with Gasteiger partial charge in [-0.1, -0.05) is 53.7 Å². The predicted octanol–water partition coefficient (Wildman–Crippen LogP) is 3.18. The summed E-state index contributed by atoms with van der Waals surface area (Å²) >= 11 is 0. The second-order valence-electron chi connectivity index (χ2n) is 6.39. The number of hydrogen-bond donors (Lipinski definition) is 2. The molecule has 0 amide bonds. The van der Waals surface area contributed by atoms with Crippen molar-refractivity contribution in [3.63, 3.8) is 0 Å². The van der Waals surface area contributed by atoms with Gasteiger partial charge in [-0.3, -0.25) is 4.79 Å². The first-order chi connectivity index (χ1) is 12.6. The van der Waals surface area contributed by atoms with Crippen LogP contribution >= 0.6 is 12.4 Å².